The van der Waals surface area contributed by atoms with E-state index in [0.717, 1.165) is 0 Å². The molecule has 66 valence electrons. The molecule has 0 rings (SSSR count). The van der Waals surface area contributed by atoms with Crippen LogP contribution in [-0.4, -0.2) is 28.7 Å². The summed E-state index contributed by atoms with van der Waals surface area (Å²) in [4.78, 5) is 22.7. The summed E-state index contributed by atoms with van der Waals surface area (Å²) in [5.74, 6) is -3.64. The Labute approximate surface area is 67.2 Å². The Balaban J connectivity index is 4.13. The summed E-state index contributed by atoms with van der Waals surface area (Å²) in [6.07, 6.45) is -0.533. The standard InChI is InChI=1S/C5H7N3O4/c6-8-7-2-3(5(11)12)1-4(9)10/h3H,1-2H2,(H,9,10)(H,11,12). The van der Waals surface area contributed by atoms with Crippen LogP contribution in [-0.2, 0) is 9.59 Å². The van der Waals surface area contributed by atoms with Gasteiger partial charge in [0.25, 0.3) is 0 Å². The predicted molar refractivity (Wildman–Crippen MR) is 37.4 cm³/mol. The second-order valence-corrected chi connectivity index (χ2v) is 2.05. The molecule has 0 aliphatic heterocycles. The monoisotopic (exact) mass is 173 g/mol. The quantitative estimate of drug-likeness (QED) is 0.356. The maximum Gasteiger partial charge on any atom is 0.307 e. The highest BCUT2D eigenvalue weighted by atomic mass is 16.4. The van der Waals surface area contributed by atoms with Crippen molar-refractivity contribution in [1.82, 2.24) is 0 Å². The molecular formula is C5H7N3O4. The minimum Gasteiger partial charge on any atom is -0.481 e. The van der Waals surface area contributed by atoms with Crippen molar-refractivity contribution >= 4 is 11.9 Å². The van der Waals surface area contributed by atoms with Crippen LogP contribution in [0.25, 0.3) is 10.4 Å². The van der Waals surface area contributed by atoms with Crippen LogP contribution in [0.3, 0.4) is 0 Å². The smallest absolute Gasteiger partial charge is 0.307 e. The Bertz CT molecular complexity index is 229. The minimum atomic E-state index is -1.27. The molecule has 7 heteroatoms. The van der Waals surface area contributed by atoms with Gasteiger partial charge in [0.1, 0.15) is 0 Å². The van der Waals surface area contributed by atoms with Gasteiger partial charge in [-0.05, 0) is 5.53 Å². The third-order valence-corrected chi connectivity index (χ3v) is 1.14. The molecule has 0 radical (unpaired) electrons. The Kier molecular flexibility index (Phi) is 4.25. The van der Waals surface area contributed by atoms with Gasteiger partial charge < -0.3 is 10.2 Å². The highest BCUT2D eigenvalue weighted by Gasteiger charge is 2.19. The Morgan fingerprint density at radius 1 is 1.50 bits per heavy atom. The second-order valence-electron chi connectivity index (χ2n) is 2.05. The van der Waals surface area contributed by atoms with Crippen LogP contribution < -0.4 is 0 Å². The fourth-order valence-electron chi connectivity index (χ4n) is 0.576. The van der Waals surface area contributed by atoms with Gasteiger partial charge in [0.2, 0.25) is 0 Å². The summed E-state index contributed by atoms with van der Waals surface area (Å²) in [5, 5.41) is 19.6. The molecule has 0 amide bonds. The van der Waals surface area contributed by atoms with Crippen molar-refractivity contribution in [2.75, 3.05) is 6.54 Å². The summed E-state index contributed by atoms with van der Waals surface area (Å²) in [6.45, 7) is -0.335. The highest BCUT2D eigenvalue weighted by Crippen LogP contribution is 2.03. The summed E-state index contributed by atoms with van der Waals surface area (Å²) in [7, 11) is 0. The number of nitrogens with zero attached hydrogens (tertiary/aromatic N) is 3. The fraction of sp³-hybridized carbons (Fsp3) is 0.600. The fourth-order valence-corrected chi connectivity index (χ4v) is 0.576. The van der Waals surface area contributed by atoms with Crippen molar-refractivity contribution in [2.24, 2.45) is 11.0 Å². The van der Waals surface area contributed by atoms with Gasteiger partial charge in [-0.3, -0.25) is 9.59 Å². The molecule has 0 saturated carbocycles. The van der Waals surface area contributed by atoms with Gasteiger partial charge in [-0.2, -0.15) is 0 Å². The number of azide groups is 1. The maximum absolute atomic E-state index is 10.3. The number of carboxylic acid groups (broad SMARTS) is 2. The van der Waals surface area contributed by atoms with Crippen LogP contribution >= 0.6 is 0 Å². The molecule has 7 nitrogen and oxygen atoms in total. The van der Waals surface area contributed by atoms with Gasteiger partial charge in [-0.1, -0.05) is 5.11 Å². The highest BCUT2D eigenvalue weighted by molar-refractivity contribution is 5.77. The number of carboxylic acids is 2. The van der Waals surface area contributed by atoms with Gasteiger partial charge in [0.05, 0.1) is 12.3 Å². The minimum absolute atomic E-state index is 0.335. The lowest BCUT2D eigenvalue weighted by atomic mass is 10.1. The van der Waals surface area contributed by atoms with Crippen LogP contribution in [0, 0.1) is 5.92 Å². The molecule has 0 aromatic rings. The van der Waals surface area contributed by atoms with Crippen LogP contribution in [0.15, 0.2) is 5.11 Å². The largest absolute Gasteiger partial charge is 0.481 e. The van der Waals surface area contributed by atoms with Crippen molar-refractivity contribution in [3.63, 3.8) is 0 Å². The molecule has 0 fully saturated rings. The van der Waals surface area contributed by atoms with Gasteiger partial charge in [0.15, 0.2) is 0 Å². The Morgan fingerprint density at radius 3 is 2.42 bits per heavy atom. The molecule has 12 heavy (non-hydrogen) atoms. The van der Waals surface area contributed by atoms with Gasteiger partial charge in [-0.15, -0.1) is 0 Å². The topological polar surface area (TPSA) is 123 Å². The first kappa shape index (κ1) is 10.2. The SMILES string of the molecule is [N-]=[N+]=NCC(CC(=O)O)C(=O)O. The molecule has 0 aromatic carbocycles. The third-order valence-electron chi connectivity index (χ3n) is 1.14. The lowest BCUT2D eigenvalue weighted by Crippen LogP contribution is -2.20. The molecule has 0 heterocycles. The van der Waals surface area contributed by atoms with E-state index in [0.29, 0.717) is 0 Å². The molecule has 1 unspecified atom stereocenters. The second kappa shape index (κ2) is 4.97. The van der Waals surface area contributed by atoms with Gasteiger partial charge >= 0.3 is 11.9 Å². The Hall–Kier alpha value is -1.75. The zero-order valence-corrected chi connectivity index (χ0v) is 6.04. The van der Waals surface area contributed by atoms with Crippen molar-refractivity contribution in [1.29, 1.82) is 0 Å². The zero-order valence-electron chi connectivity index (χ0n) is 6.04. The lowest BCUT2D eigenvalue weighted by Gasteiger charge is -2.03. The van der Waals surface area contributed by atoms with E-state index in [1.807, 2.05) is 0 Å². The van der Waals surface area contributed by atoms with Crippen molar-refractivity contribution in [3.8, 4) is 0 Å². The first-order chi connectivity index (χ1) is 5.57. The number of hydrogen-bond acceptors (Lipinski definition) is 3. The van der Waals surface area contributed by atoms with E-state index in [9.17, 15) is 9.59 Å². The van der Waals surface area contributed by atoms with E-state index in [4.69, 9.17) is 15.7 Å². The van der Waals surface area contributed by atoms with E-state index >= 15 is 0 Å². The van der Waals surface area contributed by atoms with E-state index in [1.54, 1.807) is 0 Å². The number of aliphatic carboxylic acids is 2. The molecule has 0 saturated heterocycles. The molecule has 0 spiro atoms. The predicted octanol–water partition coefficient (Wildman–Crippen LogP) is 0.472. The maximum atomic E-state index is 10.3. The van der Waals surface area contributed by atoms with Crippen molar-refractivity contribution in [2.45, 2.75) is 6.42 Å². The Morgan fingerprint density at radius 2 is 2.08 bits per heavy atom. The summed E-state index contributed by atoms with van der Waals surface area (Å²) >= 11 is 0. The zero-order chi connectivity index (χ0) is 9.56. The molecule has 0 bridgehead atoms. The van der Waals surface area contributed by atoms with Crippen molar-refractivity contribution in [3.05, 3.63) is 10.4 Å². The van der Waals surface area contributed by atoms with Gasteiger partial charge in [0, 0.05) is 11.5 Å². The number of rotatable bonds is 5. The molecule has 1 atom stereocenters. The summed E-state index contributed by atoms with van der Waals surface area (Å²) in [5.41, 5.74) is 7.85. The number of carbonyl (C=O) groups is 2. The average Bonchev–Trinajstić information content (AvgIpc) is 1.96. The third kappa shape index (κ3) is 4.13. The molecule has 2 N–H and O–H groups in total. The summed E-state index contributed by atoms with van der Waals surface area (Å²) < 4.78 is 0. The molecular weight excluding hydrogens is 166 g/mol. The normalized spacial score (nSPS) is 11.3. The van der Waals surface area contributed by atoms with E-state index < -0.39 is 24.3 Å². The number of hydrogen-bond donors (Lipinski definition) is 2. The van der Waals surface area contributed by atoms with E-state index in [-0.39, 0.29) is 6.54 Å². The van der Waals surface area contributed by atoms with E-state index in [1.165, 1.54) is 0 Å². The van der Waals surface area contributed by atoms with Crippen LogP contribution in [0.2, 0.25) is 0 Å². The summed E-state index contributed by atoms with van der Waals surface area (Å²) in [6, 6.07) is 0. The first-order valence-electron chi connectivity index (χ1n) is 3.03. The van der Waals surface area contributed by atoms with Crippen LogP contribution in [0.5, 0.6) is 0 Å². The van der Waals surface area contributed by atoms with E-state index in [2.05, 4.69) is 10.0 Å². The first-order valence-corrected chi connectivity index (χ1v) is 3.03. The average molecular weight is 173 g/mol. The molecule has 0 aromatic heterocycles. The van der Waals surface area contributed by atoms with Crippen LogP contribution in [0.4, 0.5) is 0 Å². The molecule has 0 aliphatic carbocycles. The van der Waals surface area contributed by atoms with Crippen molar-refractivity contribution < 1.29 is 19.8 Å². The lowest BCUT2D eigenvalue weighted by molar-refractivity contribution is -0.147. The van der Waals surface area contributed by atoms with Crippen LogP contribution in [0.1, 0.15) is 6.42 Å². The van der Waals surface area contributed by atoms with Gasteiger partial charge in [-0.25, -0.2) is 0 Å². The molecule has 0 aliphatic rings.